The first kappa shape index (κ1) is 11.1. The van der Waals surface area contributed by atoms with E-state index in [4.69, 9.17) is 0 Å². The lowest BCUT2D eigenvalue weighted by Gasteiger charge is -2.28. The zero-order chi connectivity index (χ0) is 11.7. The van der Waals surface area contributed by atoms with Crippen LogP contribution in [0.5, 0.6) is 0 Å². The Bertz CT molecular complexity index is 395. The van der Waals surface area contributed by atoms with Gasteiger partial charge in [-0.1, -0.05) is 0 Å². The number of piperidine rings is 1. The smallest absolute Gasteiger partial charge is 0.136 e. The van der Waals surface area contributed by atoms with E-state index in [1.165, 1.54) is 0 Å². The molecule has 0 atom stereocenters. The van der Waals surface area contributed by atoms with E-state index in [2.05, 4.69) is 4.90 Å². The van der Waals surface area contributed by atoms with Crippen LogP contribution in [0.25, 0.3) is 0 Å². The van der Waals surface area contributed by atoms with Crippen LogP contribution in [-0.2, 0) is 4.79 Å². The summed E-state index contributed by atoms with van der Waals surface area (Å²) >= 11 is 0. The van der Waals surface area contributed by atoms with Crippen LogP contribution in [0.4, 0.5) is 10.1 Å². The molecule has 1 aliphatic rings. The van der Waals surface area contributed by atoms with Gasteiger partial charge in [-0.3, -0.25) is 4.79 Å². The molecule has 0 bridgehead atoms. The number of hydrogen-bond acceptors (Lipinski definition) is 2. The normalized spacial score (nSPS) is 16.7. The summed E-state index contributed by atoms with van der Waals surface area (Å²) in [7, 11) is 0. The predicted octanol–water partition coefficient (Wildman–Crippen LogP) is 2.61. The maximum Gasteiger partial charge on any atom is 0.136 e. The molecule has 0 amide bonds. The quantitative estimate of drug-likeness (QED) is 0.726. The molecule has 3 heteroatoms. The summed E-state index contributed by atoms with van der Waals surface area (Å²) in [5, 5.41) is 0. The molecule has 0 unspecified atom stereocenters. The maximum atomic E-state index is 13.5. The van der Waals surface area contributed by atoms with Crippen LogP contribution in [0.3, 0.4) is 0 Å². The number of carbonyl (C=O) groups is 1. The third-order valence-electron chi connectivity index (χ3n) is 3.11. The SMILES string of the molecule is Cc1cc(N2CCC(=O)CC2)cc(C)c1F. The van der Waals surface area contributed by atoms with Crippen LogP contribution in [0.1, 0.15) is 24.0 Å². The van der Waals surface area contributed by atoms with Crippen LogP contribution in [0.15, 0.2) is 12.1 Å². The fraction of sp³-hybridized carbons (Fsp3) is 0.462. The van der Waals surface area contributed by atoms with Crippen molar-refractivity contribution < 1.29 is 9.18 Å². The second-order valence-electron chi connectivity index (χ2n) is 4.42. The maximum absolute atomic E-state index is 13.5. The van der Waals surface area contributed by atoms with Gasteiger partial charge in [-0.15, -0.1) is 0 Å². The number of rotatable bonds is 1. The van der Waals surface area contributed by atoms with E-state index in [0.29, 0.717) is 29.8 Å². The van der Waals surface area contributed by atoms with Crippen molar-refractivity contribution in [1.29, 1.82) is 0 Å². The van der Waals surface area contributed by atoms with Gasteiger partial charge in [0, 0.05) is 31.6 Å². The van der Waals surface area contributed by atoms with E-state index in [1.807, 2.05) is 12.1 Å². The van der Waals surface area contributed by atoms with Gasteiger partial charge < -0.3 is 4.90 Å². The third-order valence-corrected chi connectivity index (χ3v) is 3.11. The van der Waals surface area contributed by atoms with Crippen LogP contribution in [0.2, 0.25) is 0 Å². The Kier molecular flexibility index (Phi) is 2.95. The molecule has 2 nitrogen and oxygen atoms in total. The van der Waals surface area contributed by atoms with Crippen molar-refractivity contribution in [1.82, 2.24) is 0 Å². The minimum Gasteiger partial charge on any atom is -0.371 e. The summed E-state index contributed by atoms with van der Waals surface area (Å²) in [5.74, 6) is 0.198. The molecule has 1 fully saturated rings. The Labute approximate surface area is 95.1 Å². The molecule has 86 valence electrons. The molecule has 2 rings (SSSR count). The van der Waals surface area contributed by atoms with Crippen molar-refractivity contribution in [2.75, 3.05) is 18.0 Å². The van der Waals surface area contributed by atoms with E-state index in [9.17, 15) is 9.18 Å². The van der Waals surface area contributed by atoms with Gasteiger partial charge in [0.1, 0.15) is 11.6 Å². The van der Waals surface area contributed by atoms with Gasteiger partial charge in [0.05, 0.1) is 0 Å². The fourth-order valence-electron chi connectivity index (χ4n) is 2.12. The van der Waals surface area contributed by atoms with Gasteiger partial charge in [-0.2, -0.15) is 0 Å². The number of Topliss-reactive ketones (excluding diaryl/α,β-unsaturated/α-hetero) is 1. The number of benzene rings is 1. The number of carbonyl (C=O) groups excluding carboxylic acids is 1. The van der Waals surface area contributed by atoms with E-state index in [1.54, 1.807) is 13.8 Å². The molecule has 1 aromatic rings. The van der Waals surface area contributed by atoms with Crippen molar-refractivity contribution in [3.8, 4) is 0 Å². The molecule has 0 saturated carbocycles. The molecular formula is C13H16FNO. The zero-order valence-electron chi connectivity index (χ0n) is 9.72. The Morgan fingerprint density at radius 3 is 2.12 bits per heavy atom. The Morgan fingerprint density at radius 2 is 1.62 bits per heavy atom. The van der Waals surface area contributed by atoms with E-state index < -0.39 is 0 Å². The van der Waals surface area contributed by atoms with Crippen molar-refractivity contribution in [2.45, 2.75) is 26.7 Å². The number of aryl methyl sites for hydroxylation is 2. The van der Waals surface area contributed by atoms with Gasteiger partial charge in [0.25, 0.3) is 0 Å². The first-order valence-electron chi connectivity index (χ1n) is 5.61. The van der Waals surface area contributed by atoms with E-state index >= 15 is 0 Å². The highest BCUT2D eigenvalue weighted by molar-refractivity contribution is 5.81. The van der Waals surface area contributed by atoms with Crippen molar-refractivity contribution in [2.24, 2.45) is 0 Å². The topological polar surface area (TPSA) is 20.3 Å². The molecule has 1 heterocycles. The highest BCUT2D eigenvalue weighted by Crippen LogP contribution is 2.24. The minimum atomic E-state index is -0.128. The van der Waals surface area contributed by atoms with Crippen LogP contribution in [0, 0.1) is 19.7 Å². The summed E-state index contributed by atoms with van der Waals surface area (Å²) in [6.45, 7) is 5.06. The molecule has 1 aromatic carbocycles. The predicted molar refractivity (Wildman–Crippen MR) is 62.3 cm³/mol. The first-order chi connectivity index (χ1) is 7.58. The molecule has 0 aliphatic carbocycles. The lowest BCUT2D eigenvalue weighted by Crippen LogP contribution is -2.33. The van der Waals surface area contributed by atoms with Gasteiger partial charge in [-0.25, -0.2) is 4.39 Å². The fourth-order valence-corrected chi connectivity index (χ4v) is 2.12. The Hall–Kier alpha value is -1.38. The molecule has 1 saturated heterocycles. The number of halogens is 1. The number of hydrogen-bond donors (Lipinski definition) is 0. The van der Waals surface area contributed by atoms with Crippen molar-refractivity contribution in [3.05, 3.63) is 29.1 Å². The van der Waals surface area contributed by atoms with Gasteiger partial charge in [0.15, 0.2) is 0 Å². The minimum absolute atomic E-state index is 0.128. The van der Waals surface area contributed by atoms with Gasteiger partial charge >= 0.3 is 0 Å². The summed E-state index contributed by atoms with van der Waals surface area (Å²) in [6.07, 6.45) is 1.21. The monoisotopic (exact) mass is 221 g/mol. The van der Waals surface area contributed by atoms with Crippen molar-refractivity contribution in [3.63, 3.8) is 0 Å². The number of anilines is 1. The van der Waals surface area contributed by atoms with Gasteiger partial charge in [-0.05, 0) is 37.1 Å². The number of nitrogens with zero attached hydrogens (tertiary/aromatic N) is 1. The van der Waals surface area contributed by atoms with Crippen LogP contribution < -0.4 is 4.90 Å². The second-order valence-corrected chi connectivity index (χ2v) is 4.42. The lowest BCUT2D eigenvalue weighted by atomic mass is 10.1. The molecule has 1 aliphatic heterocycles. The molecular weight excluding hydrogens is 205 g/mol. The molecule has 0 aromatic heterocycles. The number of ketones is 1. The summed E-state index contributed by atoms with van der Waals surface area (Å²) in [6, 6.07) is 3.72. The van der Waals surface area contributed by atoms with Crippen LogP contribution >= 0.6 is 0 Å². The van der Waals surface area contributed by atoms with E-state index in [-0.39, 0.29) is 5.82 Å². The van der Waals surface area contributed by atoms with Crippen LogP contribution in [-0.4, -0.2) is 18.9 Å². The second kappa shape index (κ2) is 4.24. The van der Waals surface area contributed by atoms with E-state index in [0.717, 1.165) is 18.8 Å². The van der Waals surface area contributed by atoms with Gasteiger partial charge in [0.2, 0.25) is 0 Å². The molecule has 0 spiro atoms. The molecule has 0 N–H and O–H groups in total. The third kappa shape index (κ3) is 2.08. The lowest BCUT2D eigenvalue weighted by molar-refractivity contribution is -0.119. The zero-order valence-corrected chi connectivity index (χ0v) is 9.72. The average Bonchev–Trinajstić information content (AvgIpc) is 2.26. The highest BCUT2D eigenvalue weighted by Gasteiger charge is 2.17. The Morgan fingerprint density at radius 1 is 1.12 bits per heavy atom. The standard InChI is InChI=1S/C13H16FNO/c1-9-7-11(8-10(2)13(9)14)15-5-3-12(16)4-6-15/h7-8H,3-6H2,1-2H3. The average molecular weight is 221 g/mol. The summed E-state index contributed by atoms with van der Waals surface area (Å²) in [4.78, 5) is 13.3. The van der Waals surface area contributed by atoms with Crippen molar-refractivity contribution >= 4 is 11.5 Å². The molecule has 16 heavy (non-hydrogen) atoms. The summed E-state index contributed by atoms with van der Waals surface area (Å²) < 4.78 is 13.5. The Balaban J connectivity index is 2.24. The summed E-state index contributed by atoms with van der Waals surface area (Å²) in [5.41, 5.74) is 2.38. The highest BCUT2D eigenvalue weighted by atomic mass is 19.1. The first-order valence-corrected chi connectivity index (χ1v) is 5.61. The molecule has 0 radical (unpaired) electrons. The largest absolute Gasteiger partial charge is 0.371 e.